The average molecular weight is 178 g/mol. The molecule has 0 amide bonds. The van der Waals surface area contributed by atoms with Crippen LogP contribution in [-0.2, 0) is 0 Å². The van der Waals surface area contributed by atoms with Crippen LogP contribution in [0.25, 0.3) is 0 Å². The van der Waals surface area contributed by atoms with Gasteiger partial charge in [-0.2, -0.15) is 0 Å². The van der Waals surface area contributed by atoms with Crippen molar-refractivity contribution in [3.8, 4) is 0 Å². The van der Waals surface area contributed by atoms with Crippen LogP contribution in [0.3, 0.4) is 0 Å². The maximum atomic E-state index is 4.39. The molecular weight excluding hydrogens is 160 g/mol. The lowest BCUT2D eigenvalue weighted by molar-refractivity contribution is 0.688. The zero-order valence-electron chi connectivity index (χ0n) is 8.89. The van der Waals surface area contributed by atoms with E-state index in [0.29, 0.717) is 5.92 Å². The Morgan fingerprint density at radius 3 is 2.54 bits per heavy atom. The predicted molar refractivity (Wildman–Crippen MR) is 57.0 cm³/mol. The highest BCUT2D eigenvalue weighted by Crippen LogP contribution is 2.12. The molecule has 0 fully saturated rings. The number of nitrogens with one attached hydrogen (secondary N) is 1. The maximum Gasteiger partial charge on any atom is 0.0606 e. The van der Waals surface area contributed by atoms with Gasteiger partial charge < -0.3 is 5.32 Å². The number of aryl methyl sites for hydroxylation is 2. The minimum Gasteiger partial charge on any atom is -0.383 e. The monoisotopic (exact) mass is 178 g/mol. The minimum atomic E-state index is 0.667. The summed E-state index contributed by atoms with van der Waals surface area (Å²) >= 11 is 0. The van der Waals surface area contributed by atoms with E-state index in [1.54, 1.807) is 0 Å². The second-order valence-electron chi connectivity index (χ2n) is 3.86. The summed E-state index contributed by atoms with van der Waals surface area (Å²) in [4.78, 5) is 4.39. The summed E-state index contributed by atoms with van der Waals surface area (Å²) in [5, 5.41) is 3.38. The normalized spacial score (nSPS) is 10.5. The molecule has 0 radical (unpaired) electrons. The van der Waals surface area contributed by atoms with Crippen LogP contribution >= 0.6 is 0 Å². The first-order chi connectivity index (χ1) is 6.09. The Hall–Kier alpha value is -1.05. The van der Waals surface area contributed by atoms with Crippen molar-refractivity contribution >= 4 is 5.69 Å². The Morgan fingerprint density at radius 2 is 2.00 bits per heavy atom. The fraction of sp³-hybridized carbons (Fsp3) is 0.545. The van der Waals surface area contributed by atoms with Gasteiger partial charge >= 0.3 is 0 Å². The lowest BCUT2D eigenvalue weighted by Gasteiger charge is -2.11. The number of aromatic nitrogens is 1. The van der Waals surface area contributed by atoms with E-state index in [-0.39, 0.29) is 0 Å². The summed E-state index contributed by atoms with van der Waals surface area (Å²) < 4.78 is 0. The Morgan fingerprint density at radius 1 is 1.31 bits per heavy atom. The zero-order chi connectivity index (χ0) is 9.84. The van der Waals surface area contributed by atoms with E-state index in [1.165, 1.54) is 0 Å². The highest BCUT2D eigenvalue weighted by Gasteiger charge is 1.99. The number of anilines is 1. The number of nitrogens with zero attached hydrogens (tertiary/aromatic N) is 1. The molecule has 2 heteroatoms. The topological polar surface area (TPSA) is 24.9 Å². The maximum absolute atomic E-state index is 4.39. The highest BCUT2D eigenvalue weighted by atomic mass is 14.9. The van der Waals surface area contributed by atoms with Gasteiger partial charge in [-0.15, -0.1) is 0 Å². The van der Waals surface area contributed by atoms with Crippen molar-refractivity contribution in [2.24, 2.45) is 5.92 Å². The molecule has 0 spiro atoms. The molecule has 0 aliphatic carbocycles. The molecule has 72 valence electrons. The molecule has 1 rings (SSSR count). The van der Waals surface area contributed by atoms with Gasteiger partial charge in [0.05, 0.1) is 11.4 Å². The molecule has 1 aromatic heterocycles. The molecule has 1 heterocycles. The van der Waals surface area contributed by atoms with Crippen molar-refractivity contribution in [3.63, 3.8) is 0 Å². The van der Waals surface area contributed by atoms with Crippen molar-refractivity contribution in [1.82, 2.24) is 4.98 Å². The van der Waals surface area contributed by atoms with Crippen LogP contribution < -0.4 is 5.32 Å². The standard InChI is InChI=1S/C11H18N2/c1-8(2)7-12-11-6-5-9(3)13-10(11)4/h5-6,8,12H,7H2,1-4H3. The molecule has 1 aromatic rings. The molecule has 0 aliphatic heterocycles. The molecule has 13 heavy (non-hydrogen) atoms. The number of hydrogen-bond donors (Lipinski definition) is 1. The smallest absolute Gasteiger partial charge is 0.0606 e. The van der Waals surface area contributed by atoms with Crippen molar-refractivity contribution < 1.29 is 0 Å². The Kier molecular flexibility index (Phi) is 3.29. The van der Waals surface area contributed by atoms with Crippen LogP contribution in [0.5, 0.6) is 0 Å². The molecule has 0 atom stereocenters. The molecular formula is C11H18N2. The number of pyridine rings is 1. The van der Waals surface area contributed by atoms with Crippen LogP contribution in [0.1, 0.15) is 25.2 Å². The fourth-order valence-electron chi connectivity index (χ4n) is 1.19. The largest absolute Gasteiger partial charge is 0.383 e. The molecule has 0 aromatic carbocycles. The summed E-state index contributed by atoms with van der Waals surface area (Å²) in [5.74, 6) is 0.667. The van der Waals surface area contributed by atoms with Gasteiger partial charge in [-0.3, -0.25) is 4.98 Å². The third-order valence-electron chi connectivity index (χ3n) is 1.93. The molecule has 0 unspecified atom stereocenters. The third kappa shape index (κ3) is 3.05. The summed E-state index contributed by atoms with van der Waals surface area (Å²) in [6.07, 6.45) is 0. The molecule has 2 nitrogen and oxygen atoms in total. The lowest BCUT2D eigenvalue weighted by Crippen LogP contribution is -2.09. The van der Waals surface area contributed by atoms with Crippen LogP contribution in [0.4, 0.5) is 5.69 Å². The predicted octanol–water partition coefficient (Wildman–Crippen LogP) is 2.77. The van der Waals surface area contributed by atoms with Crippen LogP contribution in [0.2, 0.25) is 0 Å². The highest BCUT2D eigenvalue weighted by molar-refractivity contribution is 5.47. The van der Waals surface area contributed by atoms with E-state index in [0.717, 1.165) is 23.6 Å². The first-order valence-corrected chi connectivity index (χ1v) is 4.77. The first kappa shape index (κ1) is 10.0. The van der Waals surface area contributed by atoms with E-state index in [1.807, 2.05) is 19.9 Å². The molecule has 0 bridgehead atoms. The van der Waals surface area contributed by atoms with Gasteiger partial charge in [0.25, 0.3) is 0 Å². The summed E-state index contributed by atoms with van der Waals surface area (Å²) in [6.45, 7) is 9.45. The molecule has 0 saturated heterocycles. The van der Waals surface area contributed by atoms with Gasteiger partial charge in [0.1, 0.15) is 0 Å². The number of hydrogen-bond acceptors (Lipinski definition) is 2. The zero-order valence-corrected chi connectivity index (χ0v) is 8.89. The Labute approximate surface area is 80.4 Å². The van der Waals surface area contributed by atoms with Crippen LogP contribution in [0.15, 0.2) is 12.1 Å². The van der Waals surface area contributed by atoms with E-state index in [4.69, 9.17) is 0 Å². The lowest BCUT2D eigenvalue weighted by atomic mass is 10.2. The Balaban J connectivity index is 2.67. The van der Waals surface area contributed by atoms with Gasteiger partial charge in [0, 0.05) is 12.2 Å². The second kappa shape index (κ2) is 4.26. The van der Waals surface area contributed by atoms with Crippen LogP contribution in [-0.4, -0.2) is 11.5 Å². The molecule has 0 aliphatic rings. The van der Waals surface area contributed by atoms with Crippen molar-refractivity contribution in [2.45, 2.75) is 27.7 Å². The van der Waals surface area contributed by atoms with Crippen molar-refractivity contribution in [2.75, 3.05) is 11.9 Å². The summed E-state index contributed by atoms with van der Waals surface area (Å²) in [6, 6.07) is 4.13. The molecule has 1 N–H and O–H groups in total. The quantitative estimate of drug-likeness (QED) is 0.769. The molecule has 0 saturated carbocycles. The Bertz CT molecular complexity index is 279. The number of rotatable bonds is 3. The van der Waals surface area contributed by atoms with Gasteiger partial charge in [-0.25, -0.2) is 0 Å². The summed E-state index contributed by atoms with van der Waals surface area (Å²) in [7, 11) is 0. The fourth-order valence-corrected chi connectivity index (χ4v) is 1.19. The summed E-state index contributed by atoms with van der Waals surface area (Å²) in [5.41, 5.74) is 3.31. The van der Waals surface area contributed by atoms with E-state index in [9.17, 15) is 0 Å². The minimum absolute atomic E-state index is 0.667. The van der Waals surface area contributed by atoms with Crippen molar-refractivity contribution in [3.05, 3.63) is 23.5 Å². The van der Waals surface area contributed by atoms with Gasteiger partial charge in [-0.1, -0.05) is 13.8 Å². The first-order valence-electron chi connectivity index (χ1n) is 4.77. The van der Waals surface area contributed by atoms with Crippen molar-refractivity contribution in [1.29, 1.82) is 0 Å². The van der Waals surface area contributed by atoms with E-state index < -0.39 is 0 Å². The van der Waals surface area contributed by atoms with Gasteiger partial charge in [-0.05, 0) is 31.9 Å². The van der Waals surface area contributed by atoms with Gasteiger partial charge in [0.2, 0.25) is 0 Å². The van der Waals surface area contributed by atoms with E-state index in [2.05, 4.69) is 30.2 Å². The van der Waals surface area contributed by atoms with Gasteiger partial charge in [0.15, 0.2) is 0 Å². The van der Waals surface area contributed by atoms with E-state index >= 15 is 0 Å². The third-order valence-corrected chi connectivity index (χ3v) is 1.93. The average Bonchev–Trinajstić information content (AvgIpc) is 2.02. The second-order valence-corrected chi connectivity index (χ2v) is 3.86. The van der Waals surface area contributed by atoms with Crippen LogP contribution in [0, 0.1) is 19.8 Å². The SMILES string of the molecule is Cc1ccc(NCC(C)C)c(C)n1.